The van der Waals surface area contributed by atoms with E-state index >= 15 is 0 Å². The van der Waals surface area contributed by atoms with E-state index in [2.05, 4.69) is 31.3 Å². The minimum absolute atomic E-state index is 0.0355. The van der Waals surface area contributed by atoms with Gasteiger partial charge in [-0.15, -0.1) is 0 Å². The molecule has 0 saturated heterocycles. The second-order valence-electron chi connectivity index (χ2n) is 18.2. The Morgan fingerprint density at radius 3 is 1.22 bits per heavy atom. The van der Waals surface area contributed by atoms with Crippen LogP contribution in [0.1, 0.15) is 284 Å². The fourth-order valence-corrected chi connectivity index (χ4v) is 8.11. The number of carbonyl (C=O) groups is 2. The van der Waals surface area contributed by atoms with Crippen molar-refractivity contribution < 1.29 is 24.5 Å². The lowest BCUT2D eigenvalue weighted by atomic mass is 10.0. The Balaban J connectivity index is 3.57. The Morgan fingerprint density at radius 2 is 0.800 bits per heavy atom. The van der Waals surface area contributed by atoms with Crippen LogP contribution in [0.25, 0.3) is 0 Å². The van der Waals surface area contributed by atoms with E-state index in [-0.39, 0.29) is 18.5 Å². The maximum atomic E-state index is 12.4. The number of aliphatic hydroxyl groups is 2. The van der Waals surface area contributed by atoms with Crippen LogP contribution in [0.4, 0.5) is 0 Å². The van der Waals surface area contributed by atoms with Crippen LogP contribution in [0, 0.1) is 0 Å². The van der Waals surface area contributed by atoms with Crippen LogP contribution in [0.5, 0.6) is 0 Å². The summed E-state index contributed by atoms with van der Waals surface area (Å²) in [6.07, 6.45) is 59.1. The molecule has 2 atom stereocenters. The maximum Gasteiger partial charge on any atom is 0.305 e. The highest BCUT2D eigenvalue weighted by atomic mass is 16.5. The molecule has 1 amide bonds. The topological polar surface area (TPSA) is 95.9 Å². The standard InChI is InChI=1S/C54H103NO5/c1-3-5-7-9-11-13-15-17-19-20-21-22-23-24-25-27-30-34-38-42-46-52(57)51(50-56)55-53(58)47-43-39-35-31-29-33-37-41-45-49-60-54(59)48-44-40-36-32-28-26-18-16-14-12-10-8-6-4-2/h31,35,42,46,51-52,56-57H,3-30,32-34,36-41,43-45,47-50H2,1-2H3,(H,55,58)/b35-31-,46-42+. The van der Waals surface area contributed by atoms with Crippen LogP contribution in [-0.2, 0) is 14.3 Å². The number of nitrogens with one attached hydrogen (secondary N) is 1. The van der Waals surface area contributed by atoms with Crippen LogP contribution in [0.3, 0.4) is 0 Å². The smallest absolute Gasteiger partial charge is 0.305 e. The summed E-state index contributed by atoms with van der Waals surface area (Å²) in [6.45, 7) is 4.82. The Hall–Kier alpha value is -1.66. The highest BCUT2D eigenvalue weighted by molar-refractivity contribution is 5.76. The SMILES string of the molecule is CCCCCCCCCCCCCCCCCCCC/C=C/C(O)C(CO)NC(=O)CCC/C=C\CCCCCCOC(=O)CCCCCCCCCCCCCCCC. The van der Waals surface area contributed by atoms with Crippen molar-refractivity contribution in [1.82, 2.24) is 5.32 Å². The molecule has 0 aliphatic carbocycles. The van der Waals surface area contributed by atoms with E-state index in [1.54, 1.807) is 6.08 Å². The molecule has 3 N–H and O–H groups in total. The first-order valence-electron chi connectivity index (χ1n) is 26.6. The fourth-order valence-electron chi connectivity index (χ4n) is 8.11. The van der Waals surface area contributed by atoms with E-state index in [1.165, 1.54) is 186 Å². The van der Waals surface area contributed by atoms with E-state index in [4.69, 9.17) is 4.74 Å². The van der Waals surface area contributed by atoms with E-state index in [0.29, 0.717) is 19.4 Å². The van der Waals surface area contributed by atoms with Crippen LogP contribution >= 0.6 is 0 Å². The predicted octanol–water partition coefficient (Wildman–Crippen LogP) is 15.9. The van der Waals surface area contributed by atoms with Crippen molar-refractivity contribution in [2.45, 2.75) is 296 Å². The van der Waals surface area contributed by atoms with E-state index < -0.39 is 12.1 Å². The third kappa shape index (κ3) is 45.9. The highest BCUT2D eigenvalue weighted by Crippen LogP contribution is 2.16. The van der Waals surface area contributed by atoms with Crippen molar-refractivity contribution in [2.75, 3.05) is 13.2 Å². The Bertz CT molecular complexity index is 935. The summed E-state index contributed by atoms with van der Waals surface area (Å²) in [5, 5.41) is 23.1. The van der Waals surface area contributed by atoms with Gasteiger partial charge in [-0.3, -0.25) is 9.59 Å². The van der Waals surface area contributed by atoms with Gasteiger partial charge in [0.2, 0.25) is 5.91 Å². The summed E-state index contributed by atoms with van der Waals surface area (Å²) in [5.74, 6) is -0.162. The van der Waals surface area contributed by atoms with Crippen molar-refractivity contribution in [3.63, 3.8) is 0 Å². The molecule has 60 heavy (non-hydrogen) atoms. The third-order valence-corrected chi connectivity index (χ3v) is 12.2. The van der Waals surface area contributed by atoms with Gasteiger partial charge in [-0.25, -0.2) is 0 Å². The van der Waals surface area contributed by atoms with Crippen molar-refractivity contribution in [1.29, 1.82) is 0 Å². The average molecular weight is 846 g/mol. The van der Waals surface area contributed by atoms with Gasteiger partial charge in [0.15, 0.2) is 0 Å². The van der Waals surface area contributed by atoms with Crippen LogP contribution in [0.2, 0.25) is 0 Å². The molecule has 6 nitrogen and oxygen atoms in total. The minimum Gasteiger partial charge on any atom is -0.466 e. The number of esters is 1. The molecular weight excluding hydrogens is 743 g/mol. The molecule has 354 valence electrons. The molecular formula is C54H103NO5. The van der Waals surface area contributed by atoms with Crippen molar-refractivity contribution in [3.8, 4) is 0 Å². The minimum atomic E-state index is -0.875. The Labute approximate surface area is 373 Å². The number of unbranched alkanes of at least 4 members (excludes halogenated alkanes) is 36. The Morgan fingerprint density at radius 1 is 0.450 bits per heavy atom. The zero-order valence-electron chi connectivity index (χ0n) is 40.2. The first-order chi connectivity index (χ1) is 29.5. The third-order valence-electron chi connectivity index (χ3n) is 12.2. The highest BCUT2D eigenvalue weighted by Gasteiger charge is 2.17. The molecule has 6 heteroatoms. The number of hydrogen-bond acceptors (Lipinski definition) is 5. The number of amides is 1. The average Bonchev–Trinajstić information content (AvgIpc) is 3.25. The molecule has 0 heterocycles. The van der Waals surface area contributed by atoms with Gasteiger partial charge in [0.1, 0.15) is 0 Å². The second-order valence-corrected chi connectivity index (χ2v) is 18.2. The van der Waals surface area contributed by atoms with Gasteiger partial charge in [-0.05, 0) is 51.4 Å². The zero-order valence-corrected chi connectivity index (χ0v) is 40.2. The van der Waals surface area contributed by atoms with E-state index in [9.17, 15) is 19.8 Å². The van der Waals surface area contributed by atoms with Crippen LogP contribution in [0.15, 0.2) is 24.3 Å². The zero-order chi connectivity index (χ0) is 43.7. The Kier molecular flexibility index (Phi) is 48.6. The number of aliphatic hydroxyl groups excluding tert-OH is 2. The summed E-state index contributed by atoms with van der Waals surface area (Å²) in [4.78, 5) is 24.5. The summed E-state index contributed by atoms with van der Waals surface area (Å²) < 4.78 is 5.44. The van der Waals surface area contributed by atoms with Gasteiger partial charge in [-0.1, -0.05) is 244 Å². The lowest BCUT2D eigenvalue weighted by molar-refractivity contribution is -0.143. The molecule has 0 aromatic heterocycles. The molecule has 0 spiro atoms. The van der Waals surface area contributed by atoms with Gasteiger partial charge in [0, 0.05) is 12.8 Å². The summed E-state index contributed by atoms with van der Waals surface area (Å²) >= 11 is 0. The number of carbonyl (C=O) groups excluding carboxylic acids is 2. The number of hydrogen-bond donors (Lipinski definition) is 3. The molecule has 0 aliphatic rings. The van der Waals surface area contributed by atoms with Gasteiger partial charge < -0.3 is 20.3 Å². The van der Waals surface area contributed by atoms with Gasteiger partial charge in [-0.2, -0.15) is 0 Å². The quantitative estimate of drug-likeness (QED) is 0.0322. The summed E-state index contributed by atoms with van der Waals surface area (Å²) in [6, 6.07) is -0.665. The van der Waals surface area contributed by atoms with Crippen LogP contribution < -0.4 is 5.32 Å². The predicted molar refractivity (Wildman–Crippen MR) is 260 cm³/mol. The lowest BCUT2D eigenvalue weighted by Crippen LogP contribution is -2.45. The second kappa shape index (κ2) is 50.0. The lowest BCUT2D eigenvalue weighted by Gasteiger charge is -2.19. The normalized spacial score (nSPS) is 12.8. The molecule has 0 fully saturated rings. The number of allylic oxidation sites excluding steroid dienone is 3. The molecule has 0 bridgehead atoms. The monoisotopic (exact) mass is 846 g/mol. The first kappa shape index (κ1) is 58.3. The molecule has 2 unspecified atom stereocenters. The largest absolute Gasteiger partial charge is 0.466 e. The fraction of sp³-hybridized carbons (Fsp3) is 0.889. The van der Waals surface area contributed by atoms with Crippen molar-refractivity contribution >= 4 is 11.9 Å². The number of rotatable bonds is 49. The van der Waals surface area contributed by atoms with E-state index in [0.717, 1.165) is 70.6 Å². The van der Waals surface area contributed by atoms with Gasteiger partial charge >= 0.3 is 5.97 Å². The van der Waals surface area contributed by atoms with Gasteiger partial charge in [0.05, 0.1) is 25.4 Å². The number of ether oxygens (including phenoxy) is 1. The summed E-state index contributed by atoms with van der Waals surface area (Å²) in [5.41, 5.74) is 0. The molecule has 0 aliphatic heterocycles. The molecule has 0 aromatic rings. The molecule has 0 saturated carbocycles. The maximum absolute atomic E-state index is 12.4. The summed E-state index contributed by atoms with van der Waals surface area (Å²) in [7, 11) is 0. The van der Waals surface area contributed by atoms with Crippen molar-refractivity contribution in [3.05, 3.63) is 24.3 Å². The molecule has 0 aromatic carbocycles. The van der Waals surface area contributed by atoms with E-state index in [1.807, 2.05) is 6.08 Å². The molecule has 0 rings (SSSR count). The van der Waals surface area contributed by atoms with Crippen LogP contribution in [-0.4, -0.2) is 47.4 Å². The first-order valence-corrected chi connectivity index (χ1v) is 26.6. The molecule has 0 radical (unpaired) electrons. The van der Waals surface area contributed by atoms with Gasteiger partial charge in [0.25, 0.3) is 0 Å². The van der Waals surface area contributed by atoms with Crippen molar-refractivity contribution in [2.24, 2.45) is 0 Å².